The lowest BCUT2D eigenvalue weighted by Gasteiger charge is -2.12. The minimum atomic E-state index is 0.0783. The van der Waals surface area contributed by atoms with Gasteiger partial charge in [-0.1, -0.05) is 6.07 Å². The first-order valence-electron chi connectivity index (χ1n) is 4.50. The zero-order chi connectivity index (χ0) is 9.97. The fourth-order valence-corrected chi connectivity index (χ4v) is 2.08. The van der Waals surface area contributed by atoms with Crippen molar-refractivity contribution in [3.63, 3.8) is 0 Å². The van der Waals surface area contributed by atoms with E-state index >= 15 is 0 Å². The van der Waals surface area contributed by atoms with Gasteiger partial charge in [0, 0.05) is 12.4 Å². The molecule has 0 amide bonds. The van der Waals surface area contributed by atoms with Gasteiger partial charge in [-0.05, 0) is 18.4 Å². The Hall–Kier alpha value is -1.13. The van der Waals surface area contributed by atoms with Crippen LogP contribution in [-0.4, -0.2) is 21.3 Å². The van der Waals surface area contributed by atoms with Crippen LogP contribution in [0.25, 0.3) is 10.7 Å². The van der Waals surface area contributed by atoms with E-state index in [1.54, 1.807) is 17.5 Å². The fraction of sp³-hybridized carbons (Fsp3) is 0.300. The number of hydrogen-bond donors (Lipinski definition) is 1. The molecule has 0 aliphatic rings. The molecule has 2 aromatic rings. The van der Waals surface area contributed by atoms with Crippen LogP contribution in [0.2, 0.25) is 0 Å². The second kappa shape index (κ2) is 3.94. The lowest BCUT2D eigenvalue weighted by atomic mass is 10.3. The molecule has 0 spiro atoms. The fourth-order valence-electron chi connectivity index (χ4n) is 1.35. The second-order valence-corrected chi connectivity index (χ2v) is 4.11. The number of aliphatic hydroxyl groups is 1. The van der Waals surface area contributed by atoms with Gasteiger partial charge < -0.3 is 9.67 Å². The Morgan fingerprint density at radius 1 is 1.64 bits per heavy atom. The molecule has 1 unspecified atom stereocenters. The summed E-state index contributed by atoms with van der Waals surface area (Å²) >= 11 is 1.66. The Morgan fingerprint density at radius 2 is 2.50 bits per heavy atom. The SMILES string of the molecule is CC(CO)n1ccnc1-c1cccs1. The van der Waals surface area contributed by atoms with Crippen LogP contribution in [-0.2, 0) is 0 Å². The summed E-state index contributed by atoms with van der Waals surface area (Å²) in [4.78, 5) is 5.42. The Balaban J connectivity index is 2.40. The molecular formula is C10H12N2OS. The summed E-state index contributed by atoms with van der Waals surface area (Å²) in [5, 5.41) is 11.1. The van der Waals surface area contributed by atoms with Gasteiger partial charge in [-0.3, -0.25) is 0 Å². The van der Waals surface area contributed by atoms with Crippen LogP contribution in [0.15, 0.2) is 29.9 Å². The third-order valence-electron chi connectivity index (χ3n) is 2.15. The van der Waals surface area contributed by atoms with Crippen LogP contribution in [0, 0.1) is 0 Å². The van der Waals surface area contributed by atoms with E-state index in [-0.39, 0.29) is 12.6 Å². The topological polar surface area (TPSA) is 38.0 Å². The predicted molar refractivity (Wildman–Crippen MR) is 57.3 cm³/mol. The average molecular weight is 208 g/mol. The van der Waals surface area contributed by atoms with Crippen LogP contribution in [0.4, 0.5) is 0 Å². The lowest BCUT2D eigenvalue weighted by Crippen LogP contribution is -2.09. The van der Waals surface area contributed by atoms with Gasteiger partial charge in [0.2, 0.25) is 0 Å². The first-order chi connectivity index (χ1) is 6.83. The summed E-state index contributed by atoms with van der Waals surface area (Å²) < 4.78 is 1.99. The van der Waals surface area contributed by atoms with Crippen LogP contribution < -0.4 is 0 Å². The Labute approximate surface area is 86.7 Å². The van der Waals surface area contributed by atoms with E-state index < -0.39 is 0 Å². The zero-order valence-electron chi connectivity index (χ0n) is 7.92. The van der Waals surface area contributed by atoms with Crippen molar-refractivity contribution in [1.29, 1.82) is 0 Å². The van der Waals surface area contributed by atoms with Crippen LogP contribution >= 0.6 is 11.3 Å². The quantitative estimate of drug-likeness (QED) is 0.839. The van der Waals surface area contributed by atoms with Crippen molar-refractivity contribution in [2.75, 3.05) is 6.61 Å². The van der Waals surface area contributed by atoms with Crippen LogP contribution in [0.5, 0.6) is 0 Å². The monoisotopic (exact) mass is 208 g/mol. The second-order valence-electron chi connectivity index (χ2n) is 3.17. The zero-order valence-corrected chi connectivity index (χ0v) is 8.74. The smallest absolute Gasteiger partial charge is 0.150 e. The highest BCUT2D eigenvalue weighted by molar-refractivity contribution is 7.13. The minimum absolute atomic E-state index is 0.0783. The molecule has 0 bridgehead atoms. The molecule has 2 heterocycles. The van der Waals surface area contributed by atoms with Crippen molar-refractivity contribution in [2.45, 2.75) is 13.0 Å². The number of rotatable bonds is 3. The van der Waals surface area contributed by atoms with Crippen molar-refractivity contribution in [1.82, 2.24) is 9.55 Å². The molecule has 3 nitrogen and oxygen atoms in total. The number of thiophene rings is 1. The summed E-state index contributed by atoms with van der Waals surface area (Å²) in [6.45, 7) is 2.10. The van der Waals surface area contributed by atoms with E-state index in [2.05, 4.69) is 4.98 Å². The van der Waals surface area contributed by atoms with E-state index in [9.17, 15) is 0 Å². The van der Waals surface area contributed by atoms with Gasteiger partial charge in [0.25, 0.3) is 0 Å². The van der Waals surface area contributed by atoms with Gasteiger partial charge in [0.05, 0.1) is 17.5 Å². The van der Waals surface area contributed by atoms with Gasteiger partial charge in [-0.25, -0.2) is 4.98 Å². The number of hydrogen-bond acceptors (Lipinski definition) is 3. The van der Waals surface area contributed by atoms with Crippen LogP contribution in [0.3, 0.4) is 0 Å². The molecule has 74 valence electrons. The molecule has 0 saturated heterocycles. The maximum absolute atomic E-state index is 9.08. The number of aromatic nitrogens is 2. The van der Waals surface area contributed by atoms with Gasteiger partial charge in [-0.15, -0.1) is 11.3 Å². The third kappa shape index (κ3) is 1.58. The first kappa shape index (κ1) is 9.43. The number of nitrogens with zero attached hydrogens (tertiary/aromatic N) is 2. The summed E-state index contributed by atoms with van der Waals surface area (Å²) in [7, 11) is 0. The van der Waals surface area contributed by atoms with Crippen molar-refractivity contribution in [2.24, 2.45) is 0 Å². The molecule has 0 radical (unpaired) electrons. The largest absolute Gasteiger partial charge is 0.394 e. The first-order valence-corrected chi connectivity index (χ1v) is 5.38. The molecule has 0 fully saturated rings. The molecule has 2 aromatic heterocycles. The highest BCUT2D eigenvalue weighted by Gasteiger charge is 2.10. The maximum atomic E-state index is 9.08. The summed E-state index contributed by atoms with van der Waals surface area (Å²) in [5.41, 5.74) is 0. The van der Waals surface area contributed by atoms with Gasteiger partial charge >= 0.3 is 0 Å². The van der Waals surface area contributed by atoms with E-state index in [1.165, 1.54) is 0 Å². The standard InChI is InChI=1S/C10H12N2OS/c1-8(7-13)12-5-4-11-10(12)9-3-2-6-14-9/h2-6,8,13H,7H2,1H3. The Kier molecular flexibility index (Phi) is 2.65. The summed E-state index contributed by atoms with van der Waals surface area (Å²) in [6, 6.07) is 4.12. The minimum Gasteiger partial charge on any atom is -0.394 e. The van der Waals surface area contributed by atoms with E-state index in [0.717, 1.165) is 10.7 Å². The summed E-state index contributed by atoms with van der Waals surface area (Å²) in [6.07, 6.45) is 3.66. The van der Waals surface area contributed by atoms with Crippen molar-refractivity contribution >= 4 is 11.3 Å². The molecule has 0 aromatic carbocycles. The highest BCUT2D eigenvalue weighted by atomic mass is 32.1. The lowest BCUT2D eigenvalue weighted by molar-refractivity contribution is 0.240. The predicted octanol–water partition coefficient (Wildman–Crippen LogP) is 2.16. The molecular weight excluding hydrogens is 196 g/mol. The van der Waals surface area contributed by atoms with Gasteiger partial charge in [0.1, 0.15) is 5.82 Å². The molecule has 0 saturated carbocycles. The molecule has 0 aliphatic heterocycles. The third-order valence-corrected chi connectivity index (χ3v) is 3.02. The molecule has 1 atom stereocenters. The number of imidazole rings is 1. The highest BCUT2D eigenvalue weighted by Crippen LogP contribution is 2.25. The van der Waals surface area contributed by atoms with Gasteiger partial charge in [-0.2, -0.15) is 0 Å². The Morgan fingerprint density at radius 3 is 3.14 bits per heavy atom. The molecule has 0 aliphatic carbocycles. The molecule has 1 N–H and O–H groups in total. The average Bonchev–Trinajstić information content (AvgIpc) is 2.85. The van der Waals surface area contributed by atoms with Gasteiger partial charge in [0.15, 0.2) is 0 Å². The normalized spacial score (nSPS) is 13.0. The Bertz CT molecular complexity index is 394. The number of aliphatic hydroxyl groups excluding tert-OH is 1. The van der Waals surface area contributed by atoms with Crippen LogP contribution in [0.1, 0.15) is 13.0 Å². The van der Waals surface area contributed by atoms with Crippen molar-refractivity contribution in [3.05, 3.63) is 29.9 Å². The van der Waals surface area contributed by atoms with Crippen molar-refractivity contribution < 1.29 is 5.11 Å². The van der Waals surface area contributed by atoms with E-state index in [0.29, 0.717) is 0 Å². The van der Waals surface area contributed by atoms with Crippen molar-refractivity contribution in [3.8, 4) is 10.7 Å². The summed E-state index contributed by atoms with van der Waals surface area (Å²) in [5.74, 6) is 0.932. The van der Waals surface area contributed by atoms with E-state index in [1.807, 2.05) is 35.2 Å². The van der Waals surface area contributed by atoms with E-state index in [4.69, 9.17) is 5.11 Å². The molecule has 4 heteroatoms. The maximum Gasteiger partial charge on any atom is 0.150 e. The molecule has 14 heavy (non-hydrogen) atoms. The molecule has 2 rings (SSSR count).